The van der Waals surface area contributed by atoms with Gasteiger partial charge in [0.05, 0.1) is 31.1 Å². The van der Waals surface area contributed by atoms with Crippen molar-refractivity contribution >= 4 is 28.5 Å². The van der Waals surface area contributed by atoms with Crippen molar-refractivity contribution in [2.75, 3.05) is 18.4 Å². The first-order valence-electron chi connectivity index (χ1n) is 12.8. The number of rotatable bonds is 8. The second-order valence-corrected chi connectivity index (χ2v) is 9.66. The maximum Gasteiger partial charge on any atom is 0.407 e. The summed E-state index contributed by atoms with van der Waals surface area (Å²) < 4.78 is 8.29. The van der Waals surface area contributed by atoms with Crippen LogP contribution in [0.15, 0.2) is 72.9 Å². The van der Waals surface area contributed by atoms with Gasteiger partial charge in [0.2, 0.25) is 5.91 Å². The quantitative estimate of drug-likeness (QED) is 0.354. The lowest BCUT2D eigenvalue weighted by molar-refractivity contribution is -0.114. The third-order valence-corrected chi connectivity index (χ3v) is 7.02. The van der Waals surface area contributed by atoms with E-state index in [0.717, 1.165) is 34.3 Å². The average Bonchev–Trinajstić information content (AvgIpc) is 3.39. The molecule has 2 amide bonds. The Hall–Kier alpha value is -4.24. The Balaban J connectivity index is 1.29. The fourth-order valence-electron chi connectivity index (χ4n) is 5.05. The third-order valence-electron chi connectivity index (χ3n) is 7.02. The van der Waals surface area contributed by atoms with Crippen molar-refractivity contribution in [1.82, 2.24) is 19.9 Å². The SMILES string of the molecule is CC(=O)Nc1ccc(CCn2nncc2[C@@H]2CCN(C(=O)O)C[C@H]2OCc2ccc3ccccc3c2)cc1. The lowest BCUT2D eigenvalue weighted by Crippen LogP contribution is -2.46. The molecule has 196 valence electrons. The van der Waals surface area contributed by atoms with Crippen molar-refractivity contribution < 1.29 is 19.4 Å². The largest absolute Gasteiger partial charge is 0.465 e. The lowest BCUT2D eigenvalue weighted by Gasteiger charge is -2.37. The third kappa shape index (κ3) is 6.00. The van der Waals surface area contributed by atoms with Crippen LogP contribution >= 0.6 is 0 Å². The number of nitrogens with zero attached hydrogens (tertiary/aromatic N) is 4. The number of hydrogen-bond acceptors (Lipinski definition) is 5. The molecule has 9 heteroatoms. The van der Waals surface area contributed by atoms with Gasteiger partial charge in [-0.15, -0.1) is 5.10 Å². The number of carbonyl (C=O) groups is 2. The molecule has 0 bridgehead atoms. The Bertz CT molecular complexity index is 1420. The summed E-state index contributed by atoms with van der Waals surface area (Å²) in [6.07, 6.45) is 1.89. The van der Waals surface area contributed by atoms with Gasteiger partial charge in [-0.25, -0.2) is 9.48 Å². The molecular weight excluding hydrogens is 482 g/mol. The van der Waals surface area contributed by atoms with E-state index in [9.17, 15) is 14.7 Å². The number of nitrogens with one attached hydrogen (secondary N) is 1. The predicted molar refractivity (Wildman–Crippen MR) is 144 cm³/mol. The van der Waals surface area contributed by atoms with E-state index in [4.69, 9.17) is 4.74 Å². The number of likely N-dealkylation sites (tertiary alicyclic amines) is 1. The van der Waals surface area contributed by atoms with Crippen LogP contribution in [0.3, 0.4) is 0 Å². The van der Waals surface area contributed by atoms with Crippen LogP contribution in [0, 0.1) is 0 Å². The number of carbonyl (C=O) groups excluding carboxylic acids is 1. The van der Waals surface area contributed by atoms with E-state index in [-0.39, 0.29) is 17.9 Å². The highest BCUT2D eigenvalue weighted by molar-refractivity contribution is 5.88. The molecule has 1 aliphatic rings. The monoisotopic (exact) mass is 513 g/mol. The van der Waals surface area contributed by atoms with E-state index in [1.807, 2.05) is 41.1 Å². The van der Waals surface area contributed by atoms with Crippen LogP contribution in [0.5, 0.6) is 0 Å². The van der Waals surface area contributed by atoms with E-state index in [2.05, 4.69) is 46.0 Å². The molecule has 0 spiro atoms. The molecule has 4 aromatic rings. The minimum absolute atomic E-state index is 0.0248. The van der Waals surface area contributed by atoms with E-state index >= 15 is 0 Å². The smallest absolute Gasteiger partial charge is 0.407 e. The summed E-state index contributed by atoms with van der Waals surface area (Å²) in [5, 5.41) is 23.2. The van der Waals surface area contributed by atoms with Gasteiger partial charge in [0.15, 0.2) is 0 Å². The highest BCUT2D eigenvalue weighted by atomic mass is 16.5. The number of piperidine rings is 1. The summed E-state index contributed by atoms with van der Waals surface area (Å²) in [5.41, 5.74) is 3.88. The standard InChI is InChI=1S/C29H31N5O4/c1-20(35)31-25-10-7-21(8-11-25)12-15-34-27(17-30-32-34)26-13-14-33(29(36)37)18-28(26)38-19-22-6-9-23-4-2-3-5-24(23)16-22/h2-11,16-17,26,28H,12-15,18-19H2,1H3,(H,31,35)(H,36,37)/t26-,28+/m0/s1. The van der Waals surface area contributed by atoms with E-state index in [0.29, 0.717) is 32.7 Å². The van der Waals surface area contributed by atoms with E-state index in [1.165, 1.54) is 17.2 Å². The number of anilines is 1. The van der Waals surface area contributed by atoms with Crippen LogP contribution in [0.25, 0.3) is 10.8 Å². The van der Waals surface area contributed by atoms with Crippen molar-refractivity contribution in [2.24, 2.45) is 0 Å². The molecule has 0 radical (unpaired) electrons. The number of benzene rings is 3. The first kappa shape index (κ1) is 25.4. The first-order valence-corrected chi connectivity index (χ1v) is 12.8. The number of amides is 2. The maximum atomic E-state index is 11.7. The van der Waals surface area contributed by atoms with Crippen LogP contribution < -0.4 is 5.32 Å². The number of hydrogen-bond donors (Lipinski definition) is 2. The molecule has 3 aromatic carbocycles. The highest BCUT2D eigenvalue weighted by Gasteiger charge is 2.35. The Labute approximate surface area is 221 Å². The number of aromatic nitrogens is 3. The fourth-order valence-corrected chi connectivity index (χ4v) is 5.05. The van der Waals surface area contributed by atoms with Gasteiger partial charge >= 0.3 is 6.09 Å². The molecule has 38 heavy (non-hydrogen) atoms. The topological polar surface area (TPSA) is 110 Å². The van der Waals surface area contributed by atoms with Gasteiger partial charge < -0.3 is 20.1 Å². The van der Waals surface area contributed by atoms with Crippen LogP contribution in [0.2, 0.25) is 0 Å². The number of carboxylic acid groups (broad SMARTS) is 1. The van der Waals surface area contributed by atoms with Gasteiger partial charge in [-0.1, -0.05) is 53.7 Å². The van der Waals surface area contributed by atoms with Gasteiger partial charge in [-0.2, -0.15) is 0 Å². The molecule has 1 aromatic heterocycles. The van der Waals surface area contributed by atoms with Gasteiger partial charge in [0, 0.05) is 31.6 Å². The molecule has 2 N–H and O–H groups in total. The zero-order valence-electron chi connectivity index (χ0n) is 21.3. The number of aryl methyl sites for hydroxylation is 2. The van der Waals surface area contributed by atoms with Crippen molar-refractivity contribution in [2.45, 2.75) is 44.9 Å². The summed E-state index contributed by atoms with van der Waals surface area (Å²) in [4.78, 5) is 24.4. The zero-order valence-corrected chi connectivity index (χ0v) is 21.3. The fraction of sp³-hybridized carbons (Fsp3) is 0.310. The molecule has 0 saturated carbocycles. The normalized spacial score (nSPS) is 17.4. The molecule has 0 unspecified atom stereocenters. The Morgan fingerprint density at radius 1 is 1.05 bits per heavy atom. The van der Waals surface area contributed by atoms with Gasteiger partial charge in [0.1, 0.15) is 0 Å². The van der Waals surface area contributed by atoms with E-state index < -0.39 is 6.09 Å². The molecule has 5 rings (SSSR count). The summed E-state index contributed by atoms with van der Waals surface area (Å²) >= 11 is 0. The van der Waals surface area contributed by atoms with Gasteiger partial charge in [-0.05, 0) is 52.9 Å². The second kappa shape index (κ2) is 11.4. The Morgan fingerprint density at radius 2 is 1.82 bits per heavy atom. The van der Waals surface area contributed by atoms with Crippen molar-refractivity contribution in [3.8, 4) is 0 Å². The van der Waals surface area contributed by atoms with Crippen molar-refractivity contribution in [1.29, 1.82) is 0 Å². The minimum atomic E-state index is -0.933. The molecule has 1 saturated heterocycles. The molecule has 2 heterocycles. The molecule has 9 nitrogen and oxygen atoms in total. The van der Waals surface area contributed by atoms with E-state index in [1.54, 1.807) is 6.20 Å². The summed E-state index contributed by atoms with van der Waals surface area (Å²) in [6, 6.07) is 22.2. The number of fused-ring (bicyclic) bond motifs is 1. The number of ether oxygens (including phenoxy) is 1. The minimum Gasteiger partial charge on any atom is -0.465 e. The van der Waals surface area contributed by atoms with Crippen LogP contribution in [-0.2, 0) is 29.1 Å². The van der Waals surface area contributed by atoms with Crippen LogP contribution in [0.1, 0.15) is 36.1 Å². The molecule has 0 aliphatic carbocycles. The molecule has 1 fully saturated rings. The Morgan fingerprint density at radius 3 is 2.58 bits per heavy atom. The molecule has 1 aliphatic heterocycles. The van der Waals surface area contributed by atoms with Gasteiger partial charge in [0.25, 0.3) is 0 Å². The second-order valence-electron chi connectivity index (χ2n) is 9.66. The van der Waals surface area contributed by atoms with Crippen LogP contribution in [0.4, 0.5) is 10.5 Å². The van der Waals surface area contributed by atoms with Gasteiger partial charge in [-0.3, -0.25) is 4.79 Å². The lowest BCUT2D eigenvalue weighted by atomic mass is 9.90. The summed E-state index contributed by atoms with van der Waals surface area (Å²) in [7, 11) is 0. The Kier molecular flexibility index (Phi) is 7.65. The van der Waals surface area contributed by atoms with Crippen molar-refractivity contribution in [3.63, 3.8) is 0 Å². The predicted octanol–water partition coefficient (Wildman–Crippen LogP) is 4.69. The van der Waals surface area contributed by atoms with Crippen LogP contribution in [-0.4, -0.2) is 56.2 Å². The first-order chi connectivity index (χ1) is 18.5. The summed E-state index contributed by atoms with van der Waals surface area (Å²) in [5.74, 6) is -0.125. The zero-order chi connectivity index (χ0) is 26.5. The molecular formula is C29H31N5O4. The maximum absolute atomic E-state index is 11.7. The summed E-state index contributed by atoms with van der Waals surface area (Å²) in [6.45, 7) is 3.24. The van der Waals surface area contributed by atoms with Crippen molar-refractivity contribution in [3.05, 3.63) is 89.7 Å². The average molecular weight is 514 g/mol. The highest BCUT2D eigenvalue weighted by Crippen LogP contribution is 2.31. The molecule has 2 atom stereocenters.